The summed E-state index contributed by atoms with van der Waals surface area (Å²) in [7, 11) is 0. The lowest BCUT2D eigenvalue weighted by molar-refractivity contribution is 0.0933. The molecule has 2 heterocycles. The molecule has 1 fully saturated rings. The highest BCUT2D eigenvalue weighted by molar-refractivity contribution is 7.19. The summed E-state index contributed by atoms with van der Waals surface area (Å²) in [5.74, 6) is 0.340. The fourth-order valence-corrected chi connectivity index (χ4v) is 4.53. The van der Waals surface area contributed by atoms with Crippen molar-refractivity contribution >= 4 is 28.5 Å². The van der Waals surface area contributed by atoms with Crippen molar-refractivity contribution in [3.05, 3.63) is 53.8 Å². The van der Waals surface area contributed by atoms with Gasteiger partial charge in [-0.2, -0.15) is 4.98 Å². The molecule has 3 N–H and O–H groups in total. The molecule has 3 aromatic rings. The first kappa shape index (κ1) is 22.9. The molecule has 35 heavy (non-hydrogen) atoms. The average molecular weight is 499 g/mol. The van der Waals surface area contributed by atoms with E-state index < -0.39 is 6.09 Å². The van der Waals surface area contributed by atoms with Crippen LogP contribution in [0.25, 0.3) is 10.4 Å². The lowest BCUT2D eigenvalue weighted by Crippen LogP contribution is -2.41. The number of benzene rings is 2. The first-order valence-corrected chi connectivity index (χ1v) is 12.0. The number of para-hydroxylation sites is 1. The Morgan fingerprint density at radius 1 is 1.17 bits per heavy atom. The standard InChI is InChI=1S/C24H23FN4O5S/c25-15-6-4-14(5-7-15)20-22(28-23(26)35-20)34-24(31)29(16-8-9-16)11-10-27-21(30)17-2-1-3-18-19(17)33-13-12-32-18/h1-7,16H,8-13H2,(H2,26,28)(H,27,30). The summed E-state index contributed by atoms with van der Waals surface area (Å²) >= 11 is 1.15. The van der Waals surface area contributed by atoms with Crippen LogP contribution in [-0.2, 0) is 0 Å². The lowest BCUT2D eigenvalue weighted by Gasteiger charge is -2.22. The minimum Gasteiger partial charge on any atom is -0.486 e. The second kappa shape index (κ2) is 9.79. The summed E-state index contributed by atoms with van der Waals surface area (Å²) in [6.45, 7) is 1.29. The molecule has 11 heteroatoms. The first-order chi connectivity index (χ1) is 17.0. The Labute approximate surface area is 204 Å². The highest BCUT2D eigenvalue weighted by Crippen LogP contribution is 2.38. The molecule has 0 saturated heterocycles. The van der Waals surface area contributed by atoms with Crippen LogP contribution in [0.3, 0.4) is 0 Å². The molecule has 1 aromatic heterocycles. The Hall–Kier alpha value is -3.86. The SMILES string of the molecule is Nc1nc(OC(=O)N(CCNC(=O)c2cccc3c2OCCO3)C2CC2)c(-c2ccc(F)cc2)s1. The molecule has 1 aliphatic heterocycles. The highest BCUT2D eigenvalue weighted by Gasteiger charge is 2.34. The van der Waals surface area contributed by atoms with E-state index in [0.717, 1.165) is 24.2 Å². The third-order valence-corrected chi connectivity index (χ3v) is 6.49. The number of nitrogens with two attached hydrogens (primary N) is 1. The van der Waals surface area contributed by atoms with Crippen molar-refractivity contribution < 1.29 is 28.2 Å². The van der Waals surface area contributed by atoms with Crippen molar-refractivity contribution in [2.24, 2.45) is 0 Å². The van der Waals surface area contributed by atoms with Crippen LogP contribution in [0.2, 0.25) is 0 Å². The number of amides is 2. The minimum absolute atomic E-state index is 0.0332. The maximum atomic E-state index is 13.3. The van der Waals surface area contributed by atoms with E-state index in [1.165, 1.54) is 12.1 Å². The molecule has 182 valence electrons. The molecule has 2 aliphatic rings. The van der Waals surface area contributed by atoms with Gasteiger partial charge in [0, 0.05) is 19.1 Å². The number of hydrogen-bond donors (Lipinski definition) is 2. The summed E-state index contributed by atoms with van der Waals surface area (Å²) in [5.41, 5.74) is 6.87. The molecular weight excluding hydrogens is 475 g/mol. The largest absolute Gasteiger partial charge is 0.486 e. The number of halogens is 1. The summed E-state index contributed by atoms with van der Waals surface area (Å²) in [5, 5.41) is 3.07. The number of rotatable bonds is 7. The zero-order chi connectivity index (χ0) is 24.4. The second-order valence-electron chi connectivity index (χ2n) is 8.07. The van der Waals surface area contributed by atoms with Crippen LogP contribution in [0.5, 0.6) is 17.4 Å². The number of carbonyl (C=O) groups excluding carboxylic acids is 2. The van der Waals surface area contributed by atoms with Crippen LogP contribution in [0.4, 0.5) is 14.3 Å². The van der Waals surface area contributed by atoms with Crippen LogP contribution in [0.1, 0.15) is 23.2 Å². The number of nitrogens with one attached hydrogen (secondary N) is 1. The number of carbonyl (C=O) groups is 2. The minimum atomic E-state index is -0.579. The van der Waals surface area contributed by atoms with Crippen molar-refractivity contribution in [1.29, 1.82) is 0 Å². The van der Waals surface area contributed by atoms with Gasteiger partial charge in [0.15, 0.2) is 16.6 Å². The molecule has 2 aromatic carbocycles. The van der Waals surface area contributed by atoms with Gasteiger partial charge in [-0.3, -0.25) is 4.79 Å². The quantitative estimate of drug-likeness (QED) is 0.510. The molecule has 0 unspecified atom stereocenters. The van der Waals surface area contributed by atoms with Gasteiger partial charge >= 0.3 is 6.09 Å². The third kappa shape index (κ3) is 5.14. The molecule has 2 amide bonds. The van der Waals surface area contributed by atoms with E-state index in [1.807, 2.05) is 0 Å². The number of aromatic nitrogens is 1. The van der Waals surface area contributed by atoms with Gasteiger partial charge in [0.05, 0.1) is 5.56 Å². The van der Waals surface area contributed by atoms with Crippen molar-refractivity contribution in [3.63, 3.8) is 0 Å². The van der Waals surface area contributed by atoms with E-state index in [4.69, 9.17) is 19.9 Å². The molecule has 1 aliphatic carbocycles. The summed E-state index contributed by atoms with van der Waals surface area (Å²) in [6, 6.07) is 11.0. The topological polar surface area (TPSA) is 116 Å². The molecule has 9 nitrogen and oxygen atoms in total. The van der Waals surface area contributed by atoms with Crippen LogP contribution < -0.4 is 25.3 Å². The Morgan fingerprint density at radius 3 is 2.71 bits per heavy atom. The van der Waals surface area contributed by atoms with Gasteiger partial charge in [-0.25, -0.2) is 9.18 Å². The number of ether oxygens (including phenoxy) is 3. The zero-order valence-electron chi connectivity index (χ0n) is 18.7. The van der Waals surface area contributed by atoms with Gasteiger partial charge < -0.3 is 30.2 Å². The van der Waals surface area contributed by atoms with Crippen molar-refractivity contribution in [3.8, 4) is 27.8 Å². The number of fused-ring (bicyclic) bond motifs is 1. The summed E-state index contributed by atoms with van der Waals surface area (Å²) in [4.78, 5) is 32.0. The van der Waals surface area contributed by atoms with E-state index in [9.17, 15) is 14.0 Å². The van der Waals surface area contributed by atoms with E-state index >= 15 is 0 Å². The zero-order valence-corrected chi connectivity index (χ0v) is 19.5. The molecule has 0 bridgehead atoms. The van der Waals surface area contributed by atoms with Crippen molar-refractivity contribution in [1.82, 2.24) is 15.2 Å². The monoisotopic (exact) mass is 498 g/mol. The Kier molecular flexibility index (Phi) is 6.41. The molecule has 0 radical (unpaired) electrons. The summed E-state index contributed by atoms with van der Waals surface area (Å²) < 4.78 is 30.0. The molecular formula is C24H23FN4O5S. The van der Waals surface area contributed by atoms with Gasteiger partial charge in [-0.15, -0.1) is 0 Å². The van der Waals surface area contributed by atoms with Gasteiger partial charge in [-0.1, -0.05) is 29.5 Å². The predicted molar refractivity (Wildman–Crippen MR) is 127 cm³/mol. The normalized spacial score (nSPS) is 14.3. The Balaban J connectivity index is 1.23. The third-order valence-electron chi connectivity index (χ3n) is 5.57. The number of nitrogens with zero attached hydrogens (tertiary/aromatic N) is 2. The lowest BCUT2D eigenvalue weighted by atomic mass is 10.1. The van der Waals surface area contributed by atoms with E-state index in [1.54, 1.807) is 35.2 Å². The van der Waals surface area contributed by atoms with Crippen LogP contribution >= 0.6 is 11.3 Å². The predicted octanol–water partition coefficient (Wildman–Crippen LogP) is 3.70. The highest BCUT2D eigenvalue weighted by atomic mass is 32.1. The van der Waals surface area contributed by atoms with Gasteiger partial charge in [0.1, 0.15) is 23.9 Å². The molecule has 1 saturated carbocycles. The Morgan fingerprint density at radius 2 is 1.94 bits per heavy atom. The van der Waals surface area contributed by atoms with Gasteiger partial charge in [0.2, 0.25) is 5.88 Å². The fourth-order valence-electron chi connectivity index (χ4n) is 3.76. The van der Waals surface area contributed by atoms with Gasteiger partial charge in [0.25, 0.3) is 5.91 Å². The fraction of sp³-hybridized carbons (Fsp3) is 0.292. The van der Waals surface area contributed by atoms with E-state index in [2.05, 4.69) is 10.3 Å². The van der Waals surface area contributed by atoms with Crippen LogP contribution in [-0.4, -0.2) is 54.2 Å². The van der Waals surface area contributed by atoms with Crippen molar-refractivity contribution in [2.75, 3.05) is 32.0 Å². The van der Waals surface area contributed by atoms with Crippen molar-refractivity contribution in [2.45, 2.75) is 18.9 Å². The smallest absolute Gasteiger partial charge is 0.416 e. The number of thiazole rings is 1. The van der Waals surface area contributed by atoms with E-state index in [-0.39, 0.29) is 41.9 Å². The van der Waals surface area contributed by atoms with Crippen LogP contribution in [0.15, 0.2) is 42.5 Å². The Bertz CT molecular complexity index is 1250. The number of anilines is 1. The molecule has 0 atom stereocenters. The number of hydrogen-bond acceptors (Lipinski definition) is 8. The maximum absolute atomic E-state index is 13.3. The summed E-state index contributed by atoms with van der Waals surface area (Å²) in [6.07, 6.45) is 1.12. The van der Waals surface area contributed by atoms with E-state index in [0.29, 0.717) is 40.7 Å². The van der Waals surface area contributed by atoms with Crippen LogP contribution in [0, 0.1) is 5.82 Å². The number of nitrogen functional groups attached to an aromatic ring is 1. The first-order valence-electron chi connectivity index (χ1n) is 11.2. The maximum Gasteiger partial charge on any atom is 0.416 e. The average Bonchev–Trinajstić information content (AvgIpc) is 3.63. The molecule has 0 spiro atoms. The van der Waals surface area contributed by atoms with Gasteiger partial charge in [-0.05, 0) is 42.7 Å². The molecule has 5 rings (SSSR count). The second-order valence-corrected chi connectivity index (χ2v) is 9.10.